The van der Waals surface area contributed by atoms with Gasteiger partial charge < -0.3 is 10.8 Å². The highest BCUT2D eigenvalue weighted by Gasteiger charge is 2.74. The van der Waals surface area contributed by atoms with Gasteiger partial charge in [0, 0.05) is 5.41 Å². The highest BCUT2D eigenvalue weighted by atomic mass is 35.5. The number of nitrogens with zero attached hydrogens (tertiary/aromatic N) is 3. The number of aliphatic carboxylic acids is 1. The monoisotopic (exact) mass is 284 g/mol. The molecule has 1 aromatic heterocycles. The van der Waals surface area contributed by atoms with Crippen molar-refractivity contribution in [2.75, 3.05) is 5.73 Å². The standard InChI is InChI=1S/C10H9ClN4O4/c11-8-13-5(4(15(18)19)6(12)14-8)9-1-10(2-9,3-9)7(16)17/h1-3H2,(H,16,17)(H2,12,13,14). The number of halogens is 1. The molecule has 3 aliphatic carbocycles. The molecule has 100 valence electrons. The van der Waals surface area contributed by atoms with Crippen molar-refractivity contribution in [3.05, 3.63) is 21.1 Å². The van der Waals surface area contributed by atoms with Crippen LogP contribution < -0.4 is 5.73 Å². The average Bonchev–Trinajstić information content (AvgIpc) is 2.09. The predicted octanol–water partition coefficient (Wildman–Crippen LogP) is 1.13. The molecule has 2 bridgehead atoms. The van der Waals surface area contributed by atoms with Crippen molar-refractivity contribution in [3.8, 4) is 0 Å². The second-order valence-corrected chi connectivity index (χ2v) is 5.57. The van der Waals surface area contributed by atoms with E-state index in [-0.39, 0.29) is 22.5 Å². The maximum atomic E-state index is 11.1. The molecule has 0 unspecified atom stereocenters. The Morgan fingerprint density at radius 1 is 1.42 bits per heavy atom. The van der Waals surface area contributed by atoms with Crippen LogP contribution in [-0.4, -0.2) is 26.0 Å². The smallest absolute Gasteiger partial charge is 0.333 e. The number of hydrogen-bond donors (Lipinski definition) is 2. The number of nitro groups is 1. The van der Waals surface area contributed by atoms with Crippen LogP contribution in [0, 0.1) is 15.5 Å². The minimum absolute atomic E-state index is 0.160. The minimum Gasteiger partial charge on any atom is -0.481 e. The van der Waals surface area contributed by atoms with Gasteiger partial charge in [0.25, 0.3) is 0 Å². The fourth-order valence-corrected chi connectivity index (χ4v) is 3.44. The Kier molecular flexibility index (Phi) is 2.12. The van der Waals surface area contributed by atoms with Crippen molar-refractivity contribution in [2.45, 2.75) is 24.7 Å². The number of carboxylic acids is 1. The van der Waals surface area contributed by atoms with Crippen LogP contribution in [-0.2, 0) is 10.2 Å². The molecule has 0 atom stereocenters. The molecule has 3 saturated carbocycles. The van der Waals surface area contributed by atoms with E-state index in [1.165, 1.54) is 0 Å². The number of nitrogen functional groups attached to an aromatic ring is 1. The second-order valence-electron chi connectivity index (χ2n) is 5.23. The van der Waals surface area contributed by atoms with Gasteiger partial charge in [-0.05, 0) is 30.9 Å². The van der Waals surface area contributed by atoms with Crippen LogP contribution in [0.2, 0.25) is 5.28 Å². The molecule has 3 N–H and O–H groups in total. The van der Waals surface area contributed by atoms with Crippen LogP contribution in [0.5, 0.6) is 0 Å². The van der Waals surface area contributed by atoms with E-state index in [1.54, 1.807) is 0 Å². The molecule has 0 aromatic carbocycles. The molecule has 4 rings (SSSR count). The predicted molar refractivity (Wildman–Crippen MR) is 63.7 cm³/mol. The third-order valence-corrected chi connectivity index (χ3v) is 4.22. The normalized spacial score (nSPS) is 31.2. The summed E-state index contributed by atoms with van der Waals surface area (Å²) in [5.74, 6) is -1.15. The lowest BCUT2D eigenvalue weighted by molar-refractivity contribution is -0.386. The van der Waals surface area contributed by atoms with Gasteiger partial charge in [-0.1, -0.05) is 0 Å². The number of anilines is 1. The summed E-state index contributed by atoms with van der Waals surface area (Å²) >= 11 is 5.69. The molecule has 0 spiro atoms. The molecule has 0 amide bonds. The molecule has 0 aliphatic heterocycles. The molecule has 0 saturated heterocycles. The molecule has 1 heterocycles. The van der Waals surface area contributed by atoms with Crippen molar-refractivity contribution in [1.82, 2.24) is 9.97 Å². The largest absolute Gasteiger partial charge is 0.481 e. The highest BCUT2D eigenvalue weighted by Crippen LogP contribution is 2.74. The summed E-state index contributed by atoms with van der Waals surface area (Å²) in [6.45, 7) is 0. The van der Waals surface area contributed by atoms with Crippen molar-refractivity contribution >= 4 is 29.1 Å². The highest BCUT2D eigenvalue weighted by molar-refractivity contribution is 6.28. The summed E-state index contributed by atoms with van der Waals surface area (Å²) in [5, 5.41) is 20.0. The van der Waals surface area contributed by atoms with Crippen LogP contribution in [0.4, 0.5) is 11.5 Å². The van der Waals surface area contributed by atoms with E-state index in [0.29, 0.717) is 19.3 Å². The van der Waals surface area contributed by atoms with Gasteiger partial charge in [0.15, 0.2) is 0 Å². The average molecular weight is 285 g/mol. The summed E-state index contributed by atoms with van der Waals surface area (Å²) in [7, 11) is 0. The van der Waals surface area contributed by atoms with Gasteiger partial charge in [-0.2, -0.15) is 4.98 Å². The number of carboxylic acid groups (broad SMARTS) is 1. The zero-order valence-electron chi connectivity index (χ0n) is 9.59. The summed E-state index contributed by atoms with van der Waals surface area (Å²) < 4.78 is 0. The zero-order chi connectivity index (χ0) is 14.0. The quantitative estimate of drug-likeness (QED) is 0.483. The maximum Gasteiger partial charge on any atom is 0.333 e. The van der Waals surface area contributed by atoms with E-state index < -0.39 is 21.7 Å². The summed E-state index contributed by atoms with van der Waals surface area (Å²) in [6, 6.07) is 0. The first-order valence-corrected chi connectivity index (χ1v) is 5.89. The molecular weight excluding hydrogens is 276 g/mol. The van der Waals surface area contributed by atoms with Gasteiger partial charge in [-0.25, -0.2) is 4.98 Å². The van der Waals surface area contributed by atoms with Gasteiger partial charge in [-0.3, -0.25) is 14.9 Å². The van der Waals surface area contributed by atoms with E-state index in [0.717, 1.165) is 0 Å². The molecule has 3 fully saturated rings. The lowest BCUT2D eigenvalue weighted by Crippen LogP contribution is -2.68. The first kappa shape index (κ1) is 12.1. The van der Waals surface area contributed by atoms with Crippen LogP contribution in [0.15, 0.2) is 0 Å². The summed E-state index contributed by atoms with van der Waals surface area (Å²) in [6.07, 6.45) is 1.01. The number of carbonyl (C=O) groups is 1. The van der Waals surface area contributed by atoms with Crippen molar-refractivity contribution in [3.63, 3.8) is 0 Å². The summed E-state index contributed by atoms with van der Waals surface area (Å²) in [5.41, 5.74) is 3.99. The van der Waals surface area contributed by atoms with Gasteiger partial charge in [0.2, 0.25) is 11.1 Å². The van der Waals surface area contributed by atoms with Gasteiger partial charge >= 0.3 is 11.7 Å². The lowest BCUT2D eigenvalue weighted by atomic mass is 9.34. The van der Waals surface area contributed by atoms with Gasteiger partial charge in [0.05, 0.1) is 10.3 Å². The van der Waals surface area contributed by atoms with Crippen molar-refractivity contribution in [2.24, 2.45) is 5.41 Å². The van der Waals surface area contributed by atoms with Gasteiger partial charge in [0.1, 0.15) is 5.69 Å². The molecule has 0 radical (unpaired) electrons. The molecule has 3 aliphatic rings. The van der Waals surface area contributed by atoms with Crippen LogP contribution >= 0.6 is 11.6 Å². The SMILES string of the molecule is Nc1nc(Cl)nc(C23CC(C(=O)O)(C2)C3)c1[N+](=O)[O-]. The molecule has 1 aromatic rings. The Bertz CT molecular complexity index is 612. The topological polar surface area (TPSA) is 132 Å². The van der Waals surface area contributed by atoms with Gasteiger partial charge in [-0.15, -0.1) is 0 Å². The fourth-order valence-electron chi connectivity index (χ4n) is 3.26. The number of aromatic nitrogens is 2. The minimum atomic E-state index is -0.870. The third kappa shape index (κ3) is 1.37. The fraction of sp³-hybridized carbons (Fsp3) is 0.500. The van der Waals surface area contributed by atoms with E-state index in [2.05, 4.69) is 9.97 Å². The number of hydrogen-bond acceptors (Lipinski definition) is 6. The Labute approximate surface area is 111 Å². The zero-order valence-corrected chi connectivity index (χ0v) is 10.3. The first-order chi connectivity index (χ1) is 8.80. The van der Waals surface area contributed by atoms with Crippen molar-refractivity contribution < 1.29 is 14.8 Å². The Morgan fingerprint density at radius 2 is 2.00 bits per heavy atom. The molecule has 9 heteroatoms. The Morgan fingerprint density at radius 3 is 2.47 bits per heavy atom. The molecular formula is C10H9ClN4O4. The van der Waals surface area contributed by atoms with Crippen LogP contribution in [0.1, 0.15) is 25.0 Å². The lowest BCUT2D eigenvalue weighted by Gasteiger charge is -2.67. The third-order valence-electron chi connectivity index (χ3n) is 4.05. The maximum absolute atomic E-state index is 11.1. The number of nitrogens with two attached hydrogens (primary N) is 1. The second kappa shape index (κ2) is 3.32. The van der Waals surface area contributed by atoms with E-state index in [9.17, 15) is 14.9 Å². The van der Waals surface area contributed by atoms with Crippen LogP contribution in [0.3, 0.4) is 0 Å². The van der Waals surface area contributed by atoms with E-state index >= 15 is 0 Å². The summed E-state index contributed by atoms with van der Waals surface area (Å²) in [4.78, 5) is 29.0. The number of rotatable bonds is 3. The Balaban J connectivity index is 2.04. The van der Waals surface area contributed by atoms with E-state index in [1.807, 2.05) is 0 Å². The molecule has 8 nitrogen and oxygen atoms in total. The van der Waals surface area contributed by atoms with E-state index in [4.69, 9.17) is 22.4 Å². The Hall–Kier alpha value is -1.96. The first-order valence-electron chi connectivity index (χ1n) is 5.51. The van der Waals surface area contributed by atoms with Crippen molar-refractivity contribution in [1.29, 1.82) is 0 Å². The van der Waals surface area contributed by atoms with Crippen LogP contribution in [0.25, 0.3) is 0 Å². The molecule has 19 heavy (non-hydrogen) atoms.